The number of fused-ring (bicyclic) bond motifs is 3. The van der Waals surface area contributed by atoms with Crippen LogP contribution in [-0.2, 0) is 26.5 Å². The van der Waals surface area contributed by atoms with Crippen molar-refractivity contribution in [2.75, 3.05) is 0 Å². The van der Waals surface area contributed by atoms with Crippen molar-refractivity contribution in [2.24, 2.45) is 11.3 Å². The van der Waals surface area contributed by atoms with Crippen LogP contribution >= 0.6 is 0 Å². The van der Waals surface area contributed by atoms with Gasteiger partial charge in [0.1, 0.15) is 5.58 Å². The van der Waals surface area contributed by atoms with Crippen LogP contribution in [0.4, 0.5) is 0 Å². The number of benzene rings is 4. The fraction of sp³-hybridized carbons (Fsp3) is 0.320. The molecular weight excluding hydrogens is 909 g/mol. The number of furan rings is 1. The van der Waals surface area contributed by atoms with Gasteiger partial charge < -0.3 is 9.40 Å². The van der Waals surface area contributed by atoms with E-state index in [1.165, 1.54) is 43.3 Å². The molecule has 0 spiro atoms. The summed E-state index contributed by atoms with van der Waals surface area (Å²) in [5.41, 5.74) is 15.3. The largest absolute Gasteiger partial charge is 0.500 e. The third-order valence-corrected chi connectivity index (χ3v) is 14.8. The number of aryl methyl sites for hydroxylation is 3. The van der Waals surface area contributed by atoms with Gasteiger partial charge in [0, 0.05) is 31.7 Å². The van der Waals surface area contributed by atoms with E-state index in [0.29, 0.717) is 17.3 Å². The molecule has 4 aromatic carbocycles. The molecule has 55 heavy (non-hydrogen) atoms. The summed E-state index contributed by atoms with van der Waals surface area (Å²) in [6, 6.07) is 36.6. The summed E-state index contributed by atoms with van der Waals surface area (Å²) in [7, 11) is 0. The summed E-state index contributed by atoms with van der Waals surface area (Å²) in [6.45, 7) is 20.2. The van der Waals surface area contributed by atoms with Gasteiger partial charge in [0.2, 0.25) is 0 Å². The molecule has 0 N–H and O–H groups in total. The molecule has 0 fully saturated rings. The Hall–Kier alpha value is -3.83. The van der Waals surface area contributed by atoms with Crippen molar-refractivity contribution < 1.29 is 24.5 Å². The summed E-state index contributed by atoms with van der Waals surface area (Å²) >= 11 is -1.90. The minimum atomic E-state index is -1.90. The van der Waals surface area contributed by atoms with Gasteiger partial charge in [-0.2, -0.15) is 0 Å². The zero-order valence-electron chi connectivity index (χ0n) is 34.7. The Morgan fingerprint density at radius 3 is 2.09 bits per heavy atom. The molecule has 0 saturated carbocycles. The number of hydrogen-bond donors (Lipinski definition) is 0. The monoisotopic (exact) mass is 967 g/mol. The molecule has 3 heterocycles. The van der Waals surface area contributed by atoms with Crippen LogP contribution in [-0.4, -0.2) is 23.2 Å². The first-order chi connectivity index (χ1) is 25.5. The van der Waals surface area contributed by atoms with Gasteiger partial charge in [-0.15, -0.1) is 23.8 Å². The van der Waals surface area contributed by atoms with Gasteiger partial charge >= 0.3 is 132 Å². The Balaban J connectivity index is 0.000000229. The van der Waals surface area contributed by atoms with Crippen LogP contribution in [0.2, 0.25) is 17.3 Å². The molecule has 3 nitrogen and oxygen atoms in total. The molecule has 0 aliphatic carbocycles. The van der Waals surface area contributed by atoms with E-state index in [4.69, 9.17) is 9.40 Å². The average Bonchev–Trinajstić information content (AvgIpc) is 3.47. The molecule has 1 atom stereocenters. The number of nitrogens with zero attached hydrogens (tertiary/aromatic N) is 2. The third-order valence-electron chi connectivity index (χ3n) is 10.5. The number of rotatable bonds is 7. The smallest absolute Gasteiger partial charge is 0.121 e. The standard InChI is InChI=1S/C31H30NO.C19H26GeN.Ir/c1-18(2)22(6)23-11-12-32-28(16-23)24-8-10-29-27(15-24)26-9-7-25(17-30(26)33-29)31-20(4)13-19(3)14-21(31)5;1-19(2,3)13-16-12-18(15-10-8-7-9-11-15)21-14-17(16)20(4,5)6;/h7,9-18,22H,1-6H3;7-10,12,14H,13H2,1-6H3;/q2*-1;. The fourth-order valence-electron chi connectivity index (χ4n) is 7.51. The second kappa shape index (κ2) is 17.1. The van der Waals surface area contributed by atoms with Crippen molar-refractivity contribution >= 4 is 39.6 Å². The molecule has 287 valence electrons. The molecule has 5 heteroatoms. The van der Waals surface area contributed by atoms with E-state index < -0.39 is 13.3 Å². The maximum atomic E-state index is 6.25. The summed E-state index contributed by atoms with van der Waals surface area (Å²) in [5.74, 6) is 8.39. The SMILES string of the molecule is CC(C)(C)Cc1cc(-c2[c-]cccc2)nc[c]1[Ge]([CH3])([CH3])[CH3].Cc1cc(C)c(-c2ccc3c(c2)oc2c[c-]c(-c4cc(C(C)C(C)C)ccn4)cc23)c(C)c1.[Ir]. The summed E-state index contributed by atoms with van der Waals surface area (Å²) in [4.78, 5) is 9.36. The van der Waals surface area contributed by atoms with E-state index in [1.807, 2.05) is 30.5 Å². The molecule has 1 unspecified atom stereocenters. The number of hydrogen-bond acceptors (Lipinski definition) is 3. The fourth-order valence-corrected chi connectivity index (χ4v) is 10.8. The molecule has 0 amide bonds. The Bertz CT molecular complexity index is 2390. The molecule has 0 aliphatic rings. The molecule has 0 aliphatic heterocycles. The maximum absolute atomic E-state index is 6.25. The topological polar surface area (TPSA) is 38.9 Å². The van der Waals surface area contributed by atoms with Gasteiger partial charge in [0.15, 0.2) is 0 Å². The van der Waals surface area contributed by atoms with Crippen LogP contribution in [0.3, 0.4) is 0 Å². The first kappa shape index (κ1) is 42.3. The molecule has 0 saturated heterocycles. The molecule has 7 aromatic rings. The van der Waals surface area contributed by atoms with E-state index >= 15 is 0 Å². The first-order valence-electron chi connectivity index (χ1n) is 19.4. The van der Waals surface area contributed by atoms with Gasteiger partial charge in [0.25, 0.3) is 0 Å². The van der Waals surface area contributed by atoms with Crippen LogP contribution in [0.5, 0.6) is 0 Å². The Morgan fingerprint density at radius 2 is 1.45 bits per heavy atom. The van der Waals surface area contributed by atoms with Crippen LogP contribution in [0, 0.1) is 44.2 Å². The molecular formula is C50H56GeIrN2O-2. The Kier molecular flexibility index (Phi) is 13.2. The summed E-state index contributed by atoms with van der Waals surface area (Å²) in [5, 5.41) is 2.23. The first-order valence-corrected chi connectivity index (χ1v) is 26.7. The van der Waals surface area contributed by atoms with Crippen LogP contribution in [0.1, 0.15) is 75.3 Å². The van der Waals surface area contributed by atoms with Gasteiger partial charge in [-0.3, -0.25) is 0 Å². The molecule has 7 rings (SSSR count). The minimum Gasteiger partial charge on any atom is -0.500 e. The van der Waals surface area contributed by atoms with Crippen molar-refractivity contribution in [1.29, 1.82) is 0 Å². The van der Waals surface area contributed by atoms with E-state index in [0.717, 1.165) is 50.9 Å². The van der Waals surface area contributed by atoms with Gasteiger partial charge in [-0.1, -0.05) is 67.6 Å². The number of aromatic nitrogens is 2. The van der Waals surface area contributed by atoms with Gasteiger partial charge in [-0.05, 0) is 72.7 Å². The quantitative estimate of drug-likeness (QED) is 0.118. The summed E-state index contributed by atoms with van der Waals surface area (Å²) < 4.78 is 7.78. The second-order valence-corrected chi connectivity index (χ2v) is 28.3. The molecule has 3 aromatic heterocycles. The van der Waals surface area contributed by atoms with Crippen LogP contribution in [0.25, 0.3) is 55.6 Å². The third kappa shape index (κ3) is 9.95. The van der Waals surface area contributed by atoms with E-state index in [2.05, 4.69) is 164 Å². The van der Waals surface area contributed by atoms with Crippen molar-refractivity contribution in [3.8, 4) is 33.6 Å². The predicted molar refractivity (Wildman–Crippen MR) is 233 cm³/mol. The predicted octanol–water partition coefficient (Wildman–Crippen LogP) is 13.5. The van der Waals surface area contributed by atoms with Gasteiger partial charge in [-0.25, -0.2) is 0 Å². The van der Waals surface area contributed by atoms with Crippen molar-refractivity contribution in [3.63, 3.8) is 0 Å². The molecule has 1 radical (unpaired) electrons. The zero-order chi connectivity index (χ0) is 38.9. The van der Waals surface area contributed by atoms with Crippen LogP contribution < -0.4 is 4.40 Å². The van der Waals surface area contributed by atoms with Crippen molar-refractivity contribution in [1.82, 2.24) is 9.97 Å². The Morgan fingerprint density at radius 1 is 0.745 bits per heavy atom. The number of pyridine rings is 2. The van der Waals surface area contributed by atoms with E-state index in [1.54, 1.807) is 0 Å². The van der Waals surface area contributed by atoms with Crippen molar-refractivity contribution in [3.05, 3.63) is 137 Å². The normalized spacial score (nSPS) is 12.4. The second-order valence-electron chi connectivity index (χ2n) is 17.7. The van der Waals surface area contributed by atoms with Gasteiger partial charge in [0.05, 0.1) is 5.58 Å². The van der Waals surface area contributed by atoms with E-state index in [-0.39, 0.29) is 20.1 Å². The zero-order valence-corrected chi connectivity index (χ0v) is 39.2. The van der Waals surface area contributed by atoms with Crippen molar-refractivity contribution in [2.45, 2.75) is 91.9 Å². The minimum absolute atomic E-state index is 0. The van der Waals surface area contributed by atoms with E-state index in [9.17, 15) is 0 Å². The average molecular weight is 966 g/mol. The molecule has 0 bridgehead atoms. The van der Waals surface area contributed by atoms with Crippen LogP contribution in [0.15, 0.2) is 102 Å². The Labute approximate surface area is 346 Å². The maximum Gasteiger partial charge on any atom is 0.121 e. The summed E-state index contributed by atoms with van der Waals surface area (Å²) in [6.07, 6.45) is 5.15.